The fourth-order valence-electron chi connectivity index (χ4n) is 3.75. The first kappa shape index (κ1) is 15.7. The monoisotopic (exact) mass is 337 g/mol. The molecule has 2 heterocycles. The molecular weight excluding hydrogens is 316 g/mol. The maximum Gasteiger partial charge on any atom is 0.364 e. The van der Waals surface area contributed by atoms with Gasteiger partial charge < -0.3 is 19.8 Å². The third-order valence-electron chi connectivity index (χ3n) is 4.96. The maximum absolute atomic E-state index is 12.2. The molecular formula is C20H21N2O3+. The zero-order valence-corrected chi connectivity index (χ0v) is 14.3. The maximum atomic E-state index is 12.2. The summed E-state index contributed by atoms with van der Waals surface area (Å²) >= 11 is 0. The Labute approximate surface area is 146 Å². The number of para-hydroxylation sites is 1. The largest absolute Gasteiger partial charge is 0.497 e. The smallest absolute Gasteiger partial charge is 0.364 e. The Morgan fingerprint density at radius 1 is 1.16 bits per heavy atom. The topological polar surface area (TPSA) is 67.9 Å². The molecule has 0 radical (unpaired) electrons. The van der Waals surface area contributed by atoms with E-state index in [0.29, 0.717) is 6.42 Å². The summed E-state index contributed by atoms with van der Waals surface area (Å²) in [5, 5.41) is 3.26. The van der Waals surface area contributed by atoms with Crippen LogP contribution in [0.25, 0.3) is 10.9 Å². The first-order valence-electron chi connectivity index (χ1n) is 8.37. The second-order valence-corrected chi connectivity index (χ2v) is 6.34. The first-order valence-corrected chi connectivity index (χ1v) is 8.37. The van der Waals surface area contributed by atoms with Crippen LogP contribution in [0.1, 0.15) is 22.9 Å². The molecule has 0 bridgehead atoms. The van der Waals surface area contributed by atoms with Crippen LogP contribution < -0.4 is 10.1 Å². The molecule has 128 valence electrons. The molecule has 3 aromatic rings. The van der Waals surface area contributed by atoms with Crippen LogP contribution in [-0.4, -0.2) is 31.2 Å². The van der Waals surface area contributed by atoms with Gasteiger partial charge in [-0.1, -0.05) is 30.3 Å². The number of H-pyrrole nitrogens is 1. The summed E-state index contributed by atoms with van der Waals surface area (Å²) in [5.74, 6) is 0.618. The number of nitrogens with two attached hydrogens (primary N) is 1. The highest BCUT2D eigenvalue weighted by atomic mass is 16.5. The molecule has 0 aliphatic carbocycles. The van der Waals surface area contributed by atoms with E-state index < -0.39 is 0 Å². The lowest BCUT2D eigenvalue weighted by molar-refractivity contribution is -0.712. The first-order chi connectivity index (χ1) is 12.2. The number of esters is 1. The van der Waals surface area contributed by atoms with Crippen LogP contribution in [0.5, 0.6) is 5.75 Å². The van der Waals surface area contributed by atoms with Gasteiger partial charge in [0.25, 0.3) is 0 Å². The third kappa shape index (κ3) is 2.66. The van der Waals surface area contributed by atoms with E-state index in [1.165, 1.54) is 18.1 Å². The van der Waals surface area contributed by atoms with E-state index in [0.717, 1.165) is 22.5 Å². The summed E-state index contributed by atoms with van der Waals surface area (Å²) in [4.78, 5) is 15.8. The molecule has 2 atom stereocenters. The second kappa shape index (κ2) is 6.26. The van der Waals surface area contributed by atoms with E-state index >= 15 is 0 Å². The van der Waals surface area contributed by atoms with Gasteiger partial charge in [-0.2, -0.15) is 0 Å². The number of aromatic nitrogens is 1. The molecule has 25 heavy (non-hydrogen) atoms. The molecule has 4 rings (SSSR count). The van der Waals surface area contributed by atoms with Crippen LogP contribution in [0.4, 0.5) is 0 Å². The van der Waals surface area contributed by atoms with E-state index in [1.54, 1.807) is 7.11 Å². The lowest BCUT2D eigenvalue weighted by Gasteiger charge is -2.27. The standard InChI is InChI=1S/C20H20N2O3/c1-24-13-7-5-6-12(10-13)18-19-15(11-17(22-18)20(23)25-2)14-8-3-4-9-16(14)21-19/h3-10,17-18,21-22H,11H2,1-2H3/p+1/t17-,18-/m0/s1. The van der Waals surface area contributed by atoms with Crippen molar-refractivity contribution in [2.75, 3.05) is 14.2 Å². The van der Waals surface area contributed by atoms with Crippen molar-refractivity contribution in [1.29, 1.82) is 0 Å². The molecule has 1 aliphatic rings. The van der Waals surface area contributed by atoms with Crippen molar-refractivity contribution in [2.24, 2.45) is 0 Å². The number of quaternary nitrogens is 1. The van der Waals surface area contributed by atoms with Crippen LogP contribution in [0, 0.1) is 0 Å². The molecule has 0 amide bonds. The van der Waals surface area contributed by atoms with Gasteiger partial charge in [-0.15, -0.1) is 0 Å². The Balaban J connectivity index is 1.87. The summed E-state index contributed by atoms with van der Waals surface area (Å²) in [5.41, 5.74) is 4.54. The number of ether oxygens (including phenoxy) is 2. The van der Waals surface area contributed by atoms with Gasteiger partial charge >= 0.3 is 5.97 Å². The highest BCUT2D eigenvalue weighted by molar-refractivity contribution is 5.86. The molecule has 1 aromatic heterocycles. The zero-order valence-electron chi connectivity index (χ0n) is 14.3. The minimum absolute atomic E-state index is 0.00431. The van der Waals surface area contributed by atoms with Gasteiger partial charge in [0.2, 0.25) is 0 Å². The Bertz CT molecular complexity index is 932. The Kier molecular flexibility index (Phi) is 3.93. The Morgan fingerprint density at radius 3 is 2.80 bits per heavy atom. The number of aromatic amines is 1. The van der Waals surface area contributed by atoms with Gasteiger partial charge in [0.05, 0.1) is 19.9 Å². The summed E-state index contributed by atoms with van der Waals surface area (Å²) in [6.07, 6.45) is 0.659. The van der Waals surface area contributed by atoms with E-state index in [1.807, 2.05) is 30.3 Å². The fraction of sp³-hybridized carbons (Fsp3) is 0.250. The van der Waals surface area contributed by atoms with E-state index in [4.69, 9.17) is 9.47 Å². The van der Waals surface area contributed by atoms with Crippen LogP contribution in [-0.2, 0) is 16.0 Å². The number of carbonyl (C=O) groups is 1. The van der Waals surface area contributed by atoms with Gasteiger partial charge in [-0.05, 0) is 23.8 Å². The molecule has 0 saturated carbocycles. The van der Waals surface area contributed by atoms with Crippen LogP contribution in [0.2, 0.25) is 0 Å². The highest BCUT2D eigenvalue weighted by Gasteiger charge is 2.38. The molecule has 3 N–H and O–H groups in total. The normalized spacial score (nSPS) is 19.4. The van der Waals surface area contributed by atoms with Gasteiger partial charge in [0, 0.05) is 22.9 Å². The van der Waals surface area contributed by atoms with Crippen LogP contribution in [0.3, 0.4) is 0 Å². The van der Waals surface area contributed by atoms with E-state index in [9.17, 15) is 4.79 Å². The molecule has 5 heteroatoms. The van der Waals surface area contributed by atoms with Crippen molar-refractivity contribution in [1.82, 2.24) is 4.98 Å². The quantitative estimate of drug-likeness (QED) is 0.718. The summed E-state index contributed by atoms with van der Waals surface area (Å²) in [6, 6.07) is 16.0. The minimum Gasteiger partial charge on any atom is -0.497 e. The third-order valence-corrected chi connectivity index (χ3v) is 4.96. The minimum atomic E-state index is -0.257. The number of benzene rings is 2. The number of fused-ring (bicyclic) bond motifs is 3. The fourth-order valence-corrected chi connectivity index (χ4v) is 3.75. The molecule has 5 nitrogen and oxygen atoms in total. The van der Waals surface area contributed by atoms with Gasteiger partial charge in [-0.3, -0.25) is 0 Å². The van der Waals surface area contributed by atoms with Crippen molar-refractivity contribution in [2.45, 2.75) is 18.5 Å². The van der Waals surface area contributed by atoms with E-state index in [-0.39, 0.29) is 18.1 Å². The number of methoxy groups -OCH3 is 2. The van der Waals surface area contributed by atoms with Gasteiger partial charge in [0.15, 0.2) is 12.1 Å². The average molecular weight is 337 g/mol. The Morgan fingerprint density at radius 2 is 2.00 bits per heavy atom. The highest BCUT2D eigenvalue weighted by Crippen LogP contribution is 2.32. The van der Waals surface area contributed by atoms with Crippen molar-refractivity contribution in [3.8, 4) is 5.75 Å². The van der Waals surface area contributed by atoms with Crippen molar-refractivity contribution >= 4 is 16.9 Å². The van der Waals surface area contributed by atoms with Crippen molar-refractivity contribution in [3.63, 3.8) is 0 Å². The molecule has 0 unspecified atom stereocenters. The van der Waals surface area contributed by atoms with Crippen molar-refractivity contribution < 1.29 is 19.6 Å². The number of nitrogens with one attached hydrogen (secondary N) is 1. The van der Waals surface area contributed by atoms with E-state index in [2.05, 4.69) is 28.5 Å². The zero-order chi connectivity index (χ0) is 17.4. The number of rotatable bonds is 3. The second-order valence-electron chi connectivity index (χ2n) is 6.34. The van der Waals surface area contributed by atoms with Gasteiger partial charge in [-0.25, -0.2) is 4.79 Å². The molecule has 0 fully saturated rings. The summed E-state index contributed by atoms with van der Waals surface area (Å²) in [7, 11) is 3.11. The van der Waals surface area contributed by atoms with Crippen LogP contribution >= 0.6 is 0 Å². The Hall–Kier alpha value is -2.79. The number of hydrogen-bond donors (Lipinski definition) is 2. The summed E-state index contributed by atoms with van der Waals surface area (Å²) < 4.78 is 10.4. The molecule has 2 aromatic carbocycles. The predicted molar refractivity (Wildman–Crippen MR) is 94.6 cm³/mol. The van der Waals surface area contributed by atoms with Crippen molar-refractivity contribution in [3.05, 3.63) is 65.4 Å². The number of hydrogen-bond acceptors (Lipinski definition) is 3. The molecule has 0 spiro atoms. The summed E-state index contributed by atoms with van der Waals surface area (Å²) in [6.45, 7) is 0. The predicted octanol–water partition coefficient (Wildman–Crippen LogP) is 1.93. The lowest BCUT2D eigenvalue weighted by atomic mass is 9.90. The van der Waals surface area contributed by atoms with Gasteiger partial charge in [0.1, 0.15) is 5.75 Å². The number of carbonyl (C=O) groups excluding carboxylic acids is 1. The van der Waals surface area contributed by atoms with Crippen LogP contribution in [0.15, 0.2) is 48.5 Å². The lowest BCUT2D eigenvalue weighted by Crippen LogP contribution is -2.94. The molecule has 1 aliphatic heterocycles. The molecule has 0 saturated heterocycles. The SMILES string of the molecule is COC(=O)[C@@H]1Cc2c([nH]c3ccccc23)[C@H](c2cccc(OC)c2)[NH2+]1. The average Bonchev–Trinajstić information content (AvgIpc) is 3.05.